The van der Waals surface area contributed by atoms with Gasteiger partial charge in [0.1, 0.15) is 5.75 Å². The molecule has 3 heterocycles. The number of rotatable bonds is 4. The van der Waals surface area contributed by atoms with E-state index >= 15 is 0 Å². The normalized spacial score (nSPS) is 16.4. The smallest absolute Gasteiger partial charge is 0.324 e. The monoisotopic (exact) mass is 419 g/mol. The summed E-state index contributed by atoms with van der Waals surface area (Å²) < 4.78 is 10.6. The Morgan fingerprint density at radius 2 is 1.81 bits per heavy atom. The topological polar surface area (TPSA) is 74.9 Å². The van der Waals surface area contributed by atoms with Gasteiger partial charge in [0.2, 0.25) is 11.7 Å². The van der Waals surface area contributed by atoms with Crippen LogP contribution < -0.4 is 9.64 Å². The van der Waals surface area contributed by atoms with E-state index in [1.807, 2.05) is 52.3 Å². The molecule has 160 valence electrons. The third kappa shape index (κ3) is 3.98. The zero-order chi connectivity index (χ0) is 21.2. The van der Waals surface area contributed by atoms with Crippen molar-refractivity contribution in [2.24, 2.45) is 0 Å². The lowest BCUT2D eigenvalue weighted by Gasteiger charge is -2.36. The Kier molecular flexibility index (Phi) is 5.30. The summed E-state index contributed by atoms with van der Waals surface area (Å²) in [7, 11) is 1.64. The maximum atomic E-state index is 13.0. The number of hydrogen-bond donors (Lipinski definition) is 0. The summed E-state index contributed by atoms with van der Waals surface area (Å²) >= 11 is 0. The molecule has 0 aliphatic carbocycles. The first kappa shape index (κ1) is 19.6. The second-order valence-electron chi connectivity index (χ2n) is 7.82. The van der Waals surface area contributed by atoms with Crippen LogP contribution in [-0.2, 0) is 13.0 Å². The molecule has 8 heteroatoms. The molecular weight excluding hydrogens is 394 g/mol. The molecule has 0 saturated carbocycles. The molecule has 31 heavy (non-hydrogen) atoms. The molecule has 2 aliphatic heterocycles. The highest BCUT2D eigenvalue weighted by molar-refractivity contribution is 5.94. The Morgan fingerprint density at radius 3 is 2.58 bits per heavy atom. The number of methoxy groups -OCH3 is 1. The maximum Gasteiger partial charge on any atom is 0.324 e. The van der Waals surface area contributed by atoms with Gasteiger partial charge < -0.3 is 14.2 Å². The molecule has 0 unspecified atom stereocenters. The zero-order valence-electron chi connectivity index (χ0n) is 17.5. The van der Waals surface area contributed by atoms with Gasteiger partial charge in [-0.2, -0.15) is 4.98 Å². The fourth-order valence-electron chi connectivity index (χ4n) is 4.17. The van der Waals surface area contributed by atoms with Gasteiger partial charge in [-0.15, -0.1) is 0 Å². The number of para-hydroxylation sites is 1. The van der Waals surface area contributed by atoms with Crippen molar-refractivity contribution in [3.8, 4) is 17.1 Å². The third-order valence-corrected chi connectivity index (χ3v) is 5.94. The van der Waals surface area contributed by atoms with E-state index in [1.54, 1.807) is 7.11 Å². The van der Waals surface area contributed by atoms with Gasteiger partial charge in [-0.05, 0) is 42.3 Å². The predicted molar refractivity (Wildman–Crippen MR) is 116 cm³/mol. The number of ether oxygens (including phenoxy) is 1. The standard InChI is InChI=1S/C23H25N5O3/c1-30-19-8-6-18(7-9-19)22-24-21(31-25-22)16-26-12-14-27(15-13-26)23(29)28-11-10-17-4-2-3-5-20(17)28/h2-9H,10-16H2,1H3. The minimum absolute atomic E-state index is 0.101. The number of piperazine rings is 1. The summed E-state index contributed by atoms with van der Waals surface area (Å²) in [5.74, 6) is 1.94. The lowest BCUT2D eigenvalue weighted by molar-refractivity contribution is 0.130. The number of fused-ring (bicyclic) bond motifs is 1. The fraction of sp³-hybridized carbons (Fsp3) is 0.348. The van der Waals surface area contributed by atoms with E-state index in [0.29, 0.717) is 31.3 Å². The van der Waals surface area contributed by atoms with Gasteiger partial charge in [-0.3, -0.25) is 9.80 Å². The molecule has 1 saturated heterocycles. The molecule has 0 radical (unpaired) electrons. The van der Waals surface area contributed by atoms with Crippen molar-refractivity contribution in [2.45, 2.75) is 13.0 Å². The Balaban J connectivity index is 1.16. The van der Waals surface area contributed by atoms with Crippen molar-refractivity contribution in [3.63, 3.8) is 0 Å². The number of urea groups is 1. The molecule has 0 bridgehead atoms. The van der Waals surface area contributed by atoms with E-state index in [4.69, 9.17) is 9.26 Å². The van der Waals surface area contributed by atoms with Crippen LogP contribution in [0, 0.1) is 0 Å². The number of aromatic nitrogens is 2. The lowest BCUT2D eigenvalue weighted by atomic mass is 10.2. The first-order chi connectivity index (χ1) is 15.2. The quantitative estimate of drug-likeness (QED) is 0.647. The van der Waals surface area contributed by atoms with Crippen molar-refractivity contribution >= 4 is 11.7 Å². The van der Waals surface area contributed by atoms with Crippen LogP contribution in [0.3, 0.4) is 0 Å². The Bertz CT molecular complexity index is 1060. The highest BCUT2D eigenvalue weighted by Crippen LogP contribution is 2.28. The van der Waals surface area contributed by atoms with Crippen LogP contribution in [0.2, 0.25) is 0 Å². The minimum Gasteiger partial charge on any atom is -0.497 e. The van der Waals surface area contributed by atoms with Crippen molar-refractivity contribution in [3.05, 3.63) is 60.0 Å². The number of carbonyl (C=O) groups excluding carboxylic acids is 1. The number of benzene rings is 2. The van der Waals surface area contributed by atoms with Crippen LogP contribution in [-0.4, -0.2) is 65.8 Å². The van der Waals surface area contributed by atoms with Crippen molar-refractivity contribution in [1.82, 2.24) is 19.9 Å². The molecule has 1 fully saturated rings. The summed E-state index contributed by atoms with van der Waals surface area (Å²) in [4.78, 5) is 23.6. The molecule has 2 aliphatic rings. The van der Waals surface area contributed by atoms with Gasteiger partial charge >= 0.3 is 6.03 Å². The third-order valence-electron chi connectivity index (χ3n) is 5.94. The number of carbonyl (C=O) groups is 1. The maximum absolute atomic E-state index is 13.0. The van der Waals surface area contributed by atoms with Gasteiger partial charge in [0, 0.05) is 44.0 Å². The molecule has 5 rings (SSSR count). The first-order valence-electron chi connectivity index (χ1n) is 10.5. The predicted octanol–water partition coefficient (Wildman–Crippen LogP) is 3.05. The van der Waals surface area contributed by atoms with Gasteiger partial charge in [0.15, 0.2) is 0 Å². The van der Waals surface area contributed by atoms with Crippen LogP contribution in [0.4, 0.5) is 10.5 Å². The Labute approximate surface area is 181 Å². The second kappa shape index (κ2) is 8.39. The molecule has 2 amide bonds. The van der Waals surface area contributed by atoms with Gasteiger partial charge in [0.05, 0.1) is 13.7 Å². The number of hydrogen-bond acceptors (Lipinski definition) is 6. The van der Waals surface area contributed by atoms with Gasteiger partial charge in [-0.25, -0.2) is 4.79 Å². The van der Waals surface area contributed by atoms with Gasteiger partial charge in [0.25, 0.3) is 0 Å². The van der Waals surface area contributed by atoms with E-state index < -0.39 is 0 Å². The summed E-state index contributed by atoms with van der Waals surface area (Å²) in [5, 5.41) is 4.10. The molecule has 8 nitrogen and oxygen atoms in total. The highest BCUT2D eigenvalue weighted by Gasteiger charge is 2.30. The number of amides is 2. The largest absolute Gasteiger partial charge is 0.497 e. The summed E-state index contributed by atoms with van der Waals surface area (Å²) in [6.07, 6.45) is 0.926. The first-order valence-corrected chi connectivity index (χ1v) is 10.5. The molecule has 0 N–H and O–H groups in total. The Morgan fingerprint density at radius 1 is 1.03 bits per heavy atom. The van der Waals surface area contributed by atoms with E-state index in [9.17, 15) is 4.79 Å². The van der Waals surface area contributed by atoms with Crippen molar-refractivity contribution in [2.75, 3.05) is 44.7 Å². The van der Waals surface area contributed by atoms with Crippen LogP contribution >= 0.6 is 0 Å². The van der Waals surface area contributed by atoms with E-state index in [2.05, 4.69) is 21.1 Å². The average Bonchev–Trinajstić information content (AvgIpc) is 3.46. The zero-order valence-corrected chi connectivity index (χ0v) is 17.5. The van der Waals surface area contributed by atoms with E-state index in [-0.39, 0.29) is 6.03 Å². The van der Waals surface area contributed by atoms with E-state index in [1.165, 1.54) is 5.56 Å². The minimum atomic E-state index is 0.101. The molecule has 3 aromatic rings. The molecule has 0 atom stereocenters. The summed E-state index contributed by atoms with van der Waals surface area (Å²) in [6.45, 7) is 4.28. The molecule has 1 aromatic heterocycles. The van der Waals surface area contributed by atoms with Crippen LogP contribution in [0.1, 0.15) is 11.5 Å². The SMILES string of the molecule is COc1ccc(-c2noc(CN3CCN(C(=O)N4CCc5ccccc54)CC3)n2)cc1. The van der Waals surface area contributed by atoms with Crippen LogP contribution in [0.15, 0.2) is 53.1 Å². The van der Waals surface area contributed by atoms with E-state index in [0.717, 1.165) is 43.1 Å². The molecular formula is C23H25N5O3. The fourth-order valence-corrected chi connectivity index (χ4v) is 4.17. The highest BCUT2D eigenvalue weighted by atomic mass is 16.5. The average molecular weight is 419 g/mol. The van der Waals surface area contributed by atoms with Crippen molar-refractivity contribution < 1.29 is 14.1 Å². The molecule has 2 aromatic carbocycles. The van der Waals surface area contributed by atoms with Crippen LogP contribution in [0.25, 0.3) is 11.4 Å². The second-order valence-corrected chi connectivity index (χ2v) is 7.82. The molecule has 0 spiro atoms. The van der Waals surface area contributed by atoms with Crippen LogP contribution in [0.5, 0.6) is 5.75 Å². The van der Waals surface area contributed by atoms with Crippen molar-refractivity contribution in [1.29, 1.82) is 0 Å². The van der Waals surface area contributed by atoms with Gasteiger partial charge in [-0.1, -0.05) is 23.4 Å². The Hall–Kier alpha value is -3.39. The lowest BCUT2D eigenvalue weighted by Crippen LogP contribution is -2.52. The number of anilines is 1. The summed E-state index contributed by atoms with van der Waals surface area (Å²) in [6, 6.07) is 15.8. The summed E-state index contributed by atoms with van der Waals surface area (Å²) in [5.41, 5.74) is 3.18. The number of nitrogens with zero attached hydrogens (tertiary/aromatic N) is 5.